The second-order valence-corrected chi connectivity index (χ2v) is 12.7. The Hall–Kier alpha value is -1.15. The summed E-state index contributed by atoms with van der Waals surface area (Å²) in [5, 5.41) is 3.46. The lowest BCUT2D eigenvalue weighted by molar-refractivity contribution is -0.0440. The van der Waals surface area contributed by atoms with E-state index >= 15 is 0 Å². The predicted octanol–water partition coefficient (Wildman–Crippen LogP) is 3.84. The largest absolute Gasteiger partial charge is 0.373 e. The van der Waals surface area contributed by atoms with Crippen LogP contribution in [0.2, 0.25) is 5.02 Å². The Morgan fingerprint density at radius 2 is 1.61 bits per heavy atom. The molecule has 2 unspecified atom stereocenters. The summed E-state index contributed by atoms with van der Waals surface area (Å²) in [6.07, 6.45) is 6.66. The first-order chi connectivity index (χ1) is 14.6. The van der Waals surface area contributed by atoms with Crippen LogP contribution in [0.1, 0.15) is 62.7 Å². The lowest BCUT2D eigenvalue weighted by Crippen LogP contribution is -2.59. The van der Waals surface area contributed by atoms with Crippen LogP contribution in [0.3, 0.4) is 0 Å². The van der Waals surface area contributed by atoms with Gasteiger partial charge in [-0.2, -0.15) is 4.31 Å². The second-order valence-electron chi connectivity index (χ2n) is 10.4. The topological polar surface area (TPSA) is 75.7 Å². The molecular weight excluding hydrogens is 436 g/mol. The summed E-state index contributed by atoms with van der Waals surface area (Å²) in [6, 6.07) is 4.59. The van der Waals surface area contributed by atoms with Gasteiger partial charge in [-0.3, -0.25) is 4.79 Å². The molecule has 1 saturated heterocycles. The number of amides is 1. The van der Waals surface area contributed by atoms with E-state index in [1.807, 2.05) is 13.8 Å². The van der Waals surface area contributed by atoms with Crippen molar-refractivity contribution in [1.29, 1.82) is 0 Å². The molecule has 0 aromatic heterocycles. The standard InChI is InChI=1S/C23H31ClN2O4S/c1-14-12-26(13-15(2)30-14)31(28,29)21-8-19(3-4-20(21)24)22(27)25-23-9-16-5-17(10-23)7-18(6-16)11-23/h3-4,8,14-18H,5-7,9-13H2,1-2H3,(H,25,27). The van der Waals surface area contributed by atoms with Crippen molar-refractivity contribution in [3.8, 4) is 0 Å². The number of carbonyl (C=O) groups excluding carboxylic acids is 1. The molecule has 8 heteroatoms. The van der Waals surface area contributed by atoms with E-state index in [9.17, 15) is 13.2 Å². The number of halogens is 1. The Morgan fingerprint density at radius 3 is 2.16 bits per heavy atom. The number of hydrogen-bond donors (Lipinski definition) is 1. The molecule has 4 aliphatic carbocycles. The molecule has 5 aliphatic rings. The highest BCUT2D eigenvalue weighted by atomic mass is 35.5. The monoisotopic (exact) mass is 466 g/mol. The van der Waals surface area contributed by atoms with Crippen LogP contribution in [-0.2, 0) is 14.8 Å². The zero-order valence-electron chi connectivity index (χ0n) is 18.1. The third kappa shape index (κ3) is 4.03. The number of sulfonamides is 1. The molecule has 1 N–H and O–H groups in total. The van der Waals surface area contributed by atoms with E-state index in [4.69, 9.17) is 16.3 Å². The molecule has 6 nitrogen and oxygen atoms in total. The molecule has 5 fully saturated rings. The Morgan fingerprint density at radius 1 is 1.06 bits per heavy atom. The van der Waals surface area contributed by atoms with E-state index in [1.54, 1.807) is 6.07 Å². The quantitative estimate of drug-likeness (QED) is 0.731. The third-order valence-corrected chi connectivity index (χ3v) is 9.93. The normalized spacial score (nSPS) is 37.7. The Kier molecular flexibility index (Phi) is 5.40. The van der Waals surface area contributed by atoms with Gasteiger partial charge in [-0.15, -0.1) is 0 Å². The summed E-state index contributed by atoms with van der Waals surface area (Å²) >= 11 is 6.31. The summed E-state index contributed by atoms with van der Waals surface area (Å²) in [5.41, 5.74) is 0.229. The van der Waals surface area contributed by atoms with E-state index < -0.39 is 10.0 Å². The zero-order valence-corrected chi connectivity index (χ0v) is 19.7. The van der Waals surface area contributed by atoms with Crippen molar-refractivity contribution in [3.05, 3.63) is 28.8 Å². The number of ether oxygens (including phenoxy) is 1. The molecule has 6 rings (SSSR count). The lowest BCUT2D eigenvalue weighted by atomic mass is 9.53. The number of rotatable bonds is 4. The van der Waals surface area contributed by atoms with Crippen LogP contribution in [0, 0.1) is 17.8 Å². The van der Waals surface area contributed by atoms with Gasteiger partial charge in [0.1, 0.15) is 4.90 Å². The first-order valence-electron chi connectivity index (χ1n) is 11.4. The zero-order chi connectivity index (χ0) is 22.0. The van der Waals surface area contributed by atoms with E-state index in [1.165, 1.54) is 35.7 Å². The van der Waals surface area contributed by atoms with Gasteiger partial charge in [-0.25, -0.2) is 8.42 Å². The number of morpholine rings is 1. The minimum absolute atomic E-state index is 0.00590. The van der Waals surface area contributed by atoms with E-state index in [2.05, 4.69) is 5.32 Å². The van der Waals surface area contributed by atoms with Crippen LogP contribution in [-0.4, -0.2) is 49.5 Å². The van der Waals surface area contributed by atoms with Gasteiger partial charge in [0.25, 0.3) is 5.91 Å². The van der Waals surface area contributed by atoms with Gasteiger partial charge in [0.2, 0.25) is 10.0 Å². The fourth-order valence-electron chi connectivity index (χ4n) is 6.89. The van der Waals surface area contributed by atoms with Crippen LogP contribution in [0.15, 0.2) is 23.1 Å². The predicted molar refractivity (Wildman–Crippen MR) is 119 cm³/mol. The number of carbonyl (C=O) groups is 1. The summed E-state index contributed by atoms with van der Waals surface area (Å²) in [5.74, 6) is 1.97. The highest BCUT2D eigenvalue weighted by Crippen LogP contribution is 2.55. The van der Waals surface area contributed by atoms with Gasteiger partial charge in [0.05, 0.1) is 17.2 Å². The fraction of sp³-hybridized carbons (Fsp3) is 0.696. The fourth-order valence-corrected chi connectivity index (χ4v) is 8.98. The van der Waals surface area contributed by atoms with Crippen LogP contribution >= 0.6 is 11.6 Å². The maximum atomic E-state index is 13.3. The molecule has 2 atom stereocenters. The lowest BCUT2D eigenvalue weighted by Gasteiger charge is -2.56. The smallest absolute Gasteiger partial charge is 0.251 e. The molecule has 0 spiro atoms. The number of hydrogen-bond acceptors (Lipinski definition) is 4. The molecule has 0 radical (unpaired) electrons. The first-order valence-corrected chi connectivity index (χ1v) is 13.2. The second kappa shape index (κ2) is 7.72. The van der Waals surface area contributed by atoms with E-state index in [-0.39, 0.29) is 46.7 Å². The maximum Gasteiger partial charge on any atom is 0.251 e. The minimum atomic E-state index is -3.83. The molecule has 31 heavy (non-hydrogen) atoms. The average Bonchev–Trinajstić information content (AvgIpc) is 2.66. The third-order valence-electron chi connectivity index (χ3n) is 7.61. The number of benzene rings is 1. The molecule has 170 valence electrons. The Balaban J connectivity index is 1.39. The molecule has 1 aromatic carbocycles. The van der Waals surface area contributed by atoms with Crippen molar-refractivity contribution in [2.75, 3.05) is 13.1 Å². The molecular formula is C23H31ClN2O4S. The molecule has 1 aliphatic heterocycles. The Bertz CT molecular complexity index is 950. The van der Waals surface area contributed by atoms with Gasteiger partial charge in [-0.05, 0) is 88.3 Å². The molecule has 4 saturated carbocycles. The highest BCUT2D eigenvalue weighted by Gasteiger charge is 2.51. The maximum absolute atomic E-state index is 13.3. The van der Waals surface area contributed by atoms with Gasteiger partial charge < -0.3 is 10.1 Å². The van der Waals surface area contributed by atoms with E-state index in [0.29, 0.717) is 5.56 Å². The minimum Gasteiger partial charge on any atom is -0.373 e. The van der Waals surface area contributed by atoms with Crippen molar-refractivity contribution < 1.29 is 17.9 Å². The summed E-state index contributed by atoms with van der Waals surface area (Å²) in [7, 11) is -3.83. The van der Waals surface area contributed by atoms with Crippen LogP contribution in [0.5, 0.6) is 0 Å². The van der Waals surface area contributed by atoms with Crippen molar-refractivity contribution in [3.63, 3.8) is 0 Å². The molecule has 1 heterocycles. The van der Waals surface area contributed by atoms with E-state index in [0.717, 1.165) is 37.0 Å². The van der Waals surface area contributed by atoms with Crippen molar-refractivity contribution >= 4 is 27.5 Å². The number of nitrogens with zero attached hydrogens (tertiary/aromatic N) is 1. The molecule has 1 aromatic rings. The summed E-state index contributed by atoms with van der Waals surface area (Å²) in [4.78, 5) is 13.2. The van der Waals surface area contributed by atoms with Crippen molar-refractivity contribution in [1.82, 2.24) is 9.62 Å². The average molecular weight is 467 g/mol. The van der Waals surface area contributed by atoms with Crippen LogP contribution < -0.4 is 5.32 Å². The number of nitrogens with one attached hydrogen (secondary N) is 1. The van der Waals surface area contributed by atoms with Gasteiger partial charge in [-0.1, -0.05) is 11.6 Å². The first kappa shape index (κ1) is 21.7. The summed E-state index contributed by atoms with van der Waals surface area (Å²) in [6.45, 7) is 4.25. The van der Waals surface area contributed by atoms with Crippen LogP contribution in [0.4, 0.5) is 0 Å². The molecule has 4 bridgehead atoms. The van der Waals surface area contributed by atoms with Crippen LogP contribution in [0.25, 0.3) is 0 Å². The highest BCUT2D eigenvalue weighted by molar-refractivity contribution is 7.89. The van der Waals surface area contributed by atoms with Gasteiger partial charge in [0, 0.05) is 24.2 Å². The Labute approximate surface area is 189 Å². The van der Waals surface area contributed by atoms with Crippen molar-refractivity contribution in [2.45, 2.75) is 75.0 Å². The summed E-state index contributed by atoms with van der Waals surface area (Å²) < 4.78 is 33.8. The van der Waals surface area contributed by atoms with Crippen molar-refractivity contribution in [2.24, 2.45) is 17.8 Å². The molecule has 1 amide bonds. The van der Waals surface area contributed by atoms with Gasteiger partial charge in [0.15, 0.2) is 0 Å². The SMILES string of the molecule is CC1CN(S(=O)(=O)c2cc(C(=O)NC34CC5CC(CC(C5)C3)C4)ccc2Cl)CC(C)O1. The van der Waals surface area contributed by atoms with Gasteiger partial charge >= 0.3 is 0 Å².